The third-order valence-corrected chi connectivity index (χ3v) is 5.56. The van der Waals surface area contributed by atoms with Crippen molar-refractivity contribution in [2.24, 2.45) is 0 Å². The maximum Gasteiger partial charge on any atom is 0.237 e. The van der Waals surface area contributed by atoms with Gasteiger partial charge in [-0.1, -0.05) is 11.6 Å². The number of carbonyl (C=O) groups excluding carboxylic acids is 1. The molecule has 1 atom stereocenters. The lowest BCUT2D eigenvalue weighted by Crippen LogP contribution is -2.53. The van der Waals surface area contributed by atoms with E-state index in [1.165, 1.54) is 11.3 Å². The number of aromatic amines is 1. The van der Waals surface area contributed by atoms with Crippen LogP contribution in [-0.4, -0.2) is 40.4 Å². The van der Waals surface area contributed by atoms with Crippen molar-refractivity contribution in [1.29, 1.82) is 0 Å². The summed E-state index contributed by atoms with van der Waals surface area (Å²) in [6.07, 6.45) is 0.921. The average molecular weight is 391 g/mol. The van der Waals surface area contributed by atoms with Crippen molar-refractivity contribution >= 4 is 39.7 Å². The van der Waals surface area contributed by atoms with Crippen LogP contribution in [0.4, 0.5) is 0 Å². The Balaban J connectivity index is 1.43. The highest BCUT2D eigenvalue weighted by molar-refractivity contribution is 7.07. The number of fused-ring (bicyclic) bond motifs is 1. The molecular formula is C18H19ClN4O2S. The Bertz CT molecular complexity index is 925. The molecule has 8 heteroatoms. The summed E-state index contributed by atoms with van der Waals surface area (Å²) in [7, 11) is 1.96. The Labute approximate surface area is 160 Å². The number of nitrogens with one attached hydrogen (secondary N) is 2. The van der Waals surface area contributed by atoms with Crippen LogP contribution >= 0.6 is 22.9 Å². The Morgan fingerprint density at radius 1 is 1.50 bits per heavy atom. The van der Waals surface area contributed by atoms with Crippen molar-refractivity contribution in [2.75, 3.05) is 13.6 Å². The van der Waals surface area contributed by atoms with Crippen LogP contribution in [0.3, 0.4) is 0 Å². The van der Waals surface area contributed by atoms with Gasteiger partial charge in [0.15, 0.2) is 0 Å². The van der Waals surface area contributed by atoms with Gasteiger partial charge in [0.05, 0.1) is 28.8 Å². The molecule has 0 aliphatic carbocycles. The molecule has 6 nitrogen and oxygen atoms in total. The fraction of sp³-hybridized carbons (Fsp3) is 0.333. The number of amides is 1. The monoisotopic (exact) mass is 390 g/mol. The SMILES string of the molecule is CN1CC[C@H]1C(=O)NCc1cc2cc(Cl)c(OCc3cscn3)cc2[nH]1. The highest BCUT2D eigenvalue weighted by atomic mass is 35.5. The zero-order valence-corrected chi connectivity index (χ0v) is 15.9. The normalized spacial score (nSPS) is 17.2. The average Bonchev–Trinajstić information content (AvgIpc) is 3.25. The molecule has 1 saturated heterocycles. The summed E-state index contributed by atoms with van der Waals surface area (Å²) in [6, 6.07) is 5.75. The van der Waals surface area contributed by atoms with Gasteiger partial charge in [0.25, 0.3) is 0 Å². The molecule has 136 valence electrons. The van der Waals surface area contributed by atoms with Crippen molar-refractivity contribution in [1.82, 2.24) is 20.2 Å². The molecule has 2 aromatic heterocycles. The van der Waals surface area contributed by atoms with Crippen LogP contribution in [-0.2, 0) is 17.9 Å². The zero-order valence-electron chi connectivity index (χ0n) is 14.3. The summed E-state index contributed by atoms with van der Waals surface area (Å²) < 4.78 is 5.78. The van der Waals surface area contributed by atoms with Gasteiger partial charge in [0.1, 0.15) is 12.4 Å². The van der Waals surface area contributed by atoms with Crippen LogP contribution in [0, 0.1) is 0 Å². The first-order valence-corrected chi connectivity index (χ1v) is 9.71. The van der Waals surface area contributed by atoms with Gasteiger partial charge in [0.2, 0.25) is 5.91 Å². The highest BCUT2D eigenvalue weighted by Crippen LogP contribution is 2.31. The number of carbonyl (C=O) groups is 1. The van der Waals surface area contributed by atoms with E-state index < -0.39 is 0 Å². The molecule has 2 N–H and O–H groups in total. The molecule has 1 fully saturated rings. The fourth-order valence-corrected chi connectivity index (χ4v) is 3.78. The van der Waals surface area contributed by atoms with E-state index in [1.807, 2.05) is 35.5 Å². The van der Waals surface area contributed by atoms with Crippen molar-refractivity contribution < 1.29 is 9.53 Å². The number of ether oxygens (including phenoxy) is 1. The lowest BCUT2D eigenvalue weighted by Gasteiger charge is -2.36. The first-order chi connectivity index (χ1) is 12.6. The number of benzene rings is 1. The third kappa shape index (κ3) is 3.56. The predicted molar refractivity (Wildman–Crippen MR) is 103 cm³/mol. The molecule has 1 aromatic carbocycles. The van der Waals surface area contributed by atoms with Gasteiger partial charge in [-0.15, -0.1) is 11.3 Å². The number of likely N-dealkylation sites (tertiary alicyclic amines) is 1. The lowest BCUT2D eigenvalue weighted by molar-refractivity contribution is -0.129. The summed E-state index contributed by atoms with van der Waals surface area (Å²) in [5, 5.41) is 6.47. The van der Waals surface area contributed by atoms with E-state index in [1.54, 1.807) is 5.51 Å². The van der Waals surface area contributed by atoms with E-state index in [-0.39, 0.29) is 11.9 Å². The molecule has 4 rings (SSSR count). The predicted octanol–water partition coefficient (Wildman–Crippen LogP) is 3.18. The smallest absolute Gasteiger partial charge is 0.237 e. The van der Waals surface area contributed by atoms with E-state index in [9.17, 15) is 4.79 Å². The number of halogens is 1. The zero-order chi connectivity index (χ0) is 18.1. The first kappa shape index (κ1) is 17.3. The number of rotatable bonds is 6. The van der Waals surface area contributed by atoms with Crippen LogP contribution in [0.2, 0.25) is 5.02 Å². The Morgan fingerprint density at radius 3 is 3.08 bits per heavy atom. The van der Waals surface area contributed by atoms with Gasteiger partial charge < -0.3 is 15.0 Å². The summed E-state index contributed by atoms with van der Waals surface area (Å²) in [6.45, 7) is 1.82. The number of thiazole rings is 1. The molecule has 0 bridgehead atoms. The van der Waals surface area contributed by atoms with Crippen LogP contribution in [0.15, 0.2) is 29.1 Å². The minimum atomic E-state index is -0.000426. The maximum absolute atomic E-state index is 12.1. The van der Waals surface area contributed by atoms with E-state index >= 15 is 0 Å². The van der Waals surface area contributed by atoms with E-state index in [2.05, 4.69) is 15.3 Å². The Hall–Kier alpha value is -2.09. The molecule has 3 aromatic rings. The number of likely N-dealkylation sites (N-methyl/N-ethyl adjacent to an activating group) is 1. The number of aromatic nitrogens is 2. The van der Waals surface area contributed by atoms with Crippen molar-refractivity contribution in [2.45, 2.75) is 25.6 Å². The van der Waals surface area contributed by atoms with E-state index in [0.29, 0.717) is 23.9 Å². The van der Waals surface area contributed by atoms with Gasteiger partial charge >= 0.3 is 0 Å². The van der Waals surface area contributed by atoms with E-state index in [4.69, 9.17) is 16.3 Å². The Morgan fingerprint density at radius 2 is 2.38 bits per heavy atom. The van der Waals surface area contributed by atoms with Crippen LogP contribution in [0.1, 0.15) is 17.8 Å². The van der Waals surface area contributed by atoms with Crippen molar-refractivity contribution in [3.05, 3.63) is 45.5 Å². The van der Waals surface area contributed by atoms with Gasteiger partial charge in [-0.3, -0.25) is 9.69 Å². The number of H-pyrrole nitrogens is 1. The number of hydrogen-bond acceptors (Lipinski definition) is 5. The number of nitrogens with zero attached hydrogens (tertiary/aromatic N) is 2. The first-order valence-electron chi connectivity index (χ1n) is 8.39. The van der Waals surface area contributed by atoms with Crippen LogP contribution < -0.4 is 10.1 Å². The maximum atomic E-state index is 12.1. The molecule has 0 radical (unpaired) electrons. The quantitative estimate of drug-likeness (QED) is 0.678. The van der Waals surface area contributed by atoms with Crippen LogP contribution in [0.5, 0.6) is 5.75 Å². The second-order valence-electron chi connectivity index (χ2n) is 6.44. The lowest BCUT2D eigenvalue weighted by atomic mass is 10.0. The van der Waals surface area contributed by atoms with Crippen molar-refractivity contribution in [3.8, 4) is 5.75 Å². The second kappa shape index (κ2) is 7.26. The van der Waals surface area contributed by atoms with Gasteiger partial charge in [-0.2, -0.15) is 0 Å². The second-order valence-corrected chi connectivity index (χ2v) is 7.56. The van der Waals surface area contributed by atoms with E-state index in [0.717, 1.165) is 35.3 Å². The summed E-state index contributed by atoms with van der Waals surface area (Å²) in [5.41, 5.74) is 4.51. The molecule has 26 heavy (non-hydrogen) atoms. The van der Waals surface area contributed by atoms with Crippen LogP contribution in [0.25, 0.3) is 10.9 Å². The molecule has 3 heterocycles. The molecule has 1 amide bonds. The number of hydrogen-bond donors (Lipinski definition) is 2. The minimum absolute atomic E-state index is 0.000426. The molecule has 0 spiro atoms. The van der Waals surface area contributed by atoms with Gasteiger partial charge in [0, 0.05) is 34.6 Å². The minimum Gasteiger partial charge on any atom is -0.486 e. The molecule has 1 aliphatic heterocycles. The molecule has 0 saturated carbocycles. The van der Waals surface area contributed by atoms with Gasteiger partial charge in [-0.05, 0) is 25.6 Å². The molecular weight excluding hydrogens is 372 g/mol. The van der Waals surface area contributed by atoms with Gasteiger partial charge in [-0.25, -0.2) is 4.98 Å². The topological polar surface area (TPSA) is 70.2 Å². The molecule has 1 aliphatic rings. The third-order valence-electron chi connectivity index (χ3n) is 4.63. The largest absolute Gasteiger partial charge is 0.486 e. The summed E-state index contributed by atoms with van der Waals surface area (Å²) >= 11 is 7.86. The molecule has 0 unspecified atom stereocenters. The fourth-order valence-electron chi connectivity index (χ4n) is 3.01. The standard InChI is InChI=1S/C18H19ClN4O2S/c1-23-3-2-16(23)18(24)20-7-12-4-11-5-14(19)17(6-15(11)22-12)25-8-13-9-26-10-21-13/h4-6,9-10,16,22H,2-3,7-8H2,1H3,(H,20,24)/t16-/m0/s1. The highest BCUT2D eigenvalue weighted by Gasteiger charge is 2.30. The summed E-state index contributed by atoms with van der Waals surface area (Å²) in [5.74, 6) is 0.684. The Kier molecular flexibility index (Phi) is 4.84. The van der Waals surface area contributed by atoms with Crippen molar-refractivity contribution in [3.63, 3.8) is 0 Å². The summed E-state index contributed by atoms with van der Waals surface area (Å²) in [4.78, 5) is 21.7.